The summed E-state index contributed by atoms with van der Waals surface area (Å²) in [4.78, 5) is 68.4. The first-order valence-electron chi connectivity index (χ1n) is 16.4. The van der Waals surface area contributed by atoms with Gasteiger partial charge in [0.25, 0.3) is 0 Å². The van der Waals surface area contributed by atoms with E-state index in [1.807, 2.05) is 66.7 Å². The predicted molar refractivity (Wildman–Crippen MR) is 179 cm³/mol. The highest BCUT2D eigenvalue weighted by atomic mass is 16.5. The van der Waals surface area contributed by atoms with E-state index in [1.54, 1.807) is 24.0 Å². The van der Waals surface area contributed by atoms with E-state index in [2.05, 4.69) is 10.6 Å². The fourth-order valence-corrected chi connectivity index (χ4v) is 6.56. The maximum atomic E-state index is 13.8. The van der Waals surface area contributed by atoms with Crippen molar-refractivity contribution in [1.82, 2.24) is 20.4 Å². The maximum absolute atomic E-state index is 13.8. The van der Waals surface area contributed by atoms with E-state index in [0.717, 1.165) is 52.0 Å². The van der Waals surface area contributed by atoms with Gasteiger partial charge in [0, 0.05) is 32.5 Å². The summed E-state index contributed by atoms with van der Waals surface area (Å²) >= 11 is 0. The number of nitrogens with zero attached hydrogens (tertiary/aromatic N) is 2. The van der Waals surface area contributed by atoms with Crippen molar-refractivity contribution in [3.8, 4) is 11.1 Å². The van der Waals surface area contributed by atoms with Gasteiger partial charge >= 0.3 is 12.1 Å². The molecule has 3 aromatic rings. The van der Waals surface area contributed by atoms with E-state index in [0.29, 0.717) is 13.1 Å². The van der Waals surface area contributed by atoms with Crippen molar-refractivity contribution in [2.75, 3.05) is 26.7 Å². The Morgan fingerprint density at radius 1 is 0.854 bits per heavy atom. The molecule has 11 nitrogen and oxygen atoms in total. The van der Waals surface area contributed by atoms with Gasteiger partial charge in [-0.1, -0.05) is 78.9 Å². The lowest BCUT2D eigenvalue weighted by Gasteiger charge is -2.33. The molecule has 0 aromatic heterocycles. The van der Waals surface area contributed by atoms with Crippen molar-refractivity contribution in [3.63, 3.8) is 0 Å². The molecule has 1 saturated heterocycles. The Labute approximate surface area is 280 Å². The number of likely N-dealkylation sites (N-methyl/N-ethyl adjacent to an activating group) is 1. The Morgan fingerprint density at radius 3 is 2.04 bits per heavy atom. The summed E-state index contributed by atoms with van der Waals surface area (Å²) in [5.41, 5.74) is 4.88. The number of hydrogen-bond acceptors (Lipinski definition) is 6. The van der Waals surface area contributed by atoms with Crippen LogP contribution in [0.5, 0.6) is 0 Å². The minimum atomic E-state index is -1.51. The van der Waals surface area contributed by atoms with Gasteiger partial charge in [-0.25, -0.2) is 4.79 Å². The number of carbonyl (C=O) groups excluding carboxylic acids is 4. The summed E-state index contributed by atoms with van der Waals surface area (Å²) in [6.07, 6.45) is 1.29. The number of carbonyl (C=O) groups is 5. The molecule has 0 saturated carbocycles. The van der Waals surface area contributed by atoms with Crippen LogP contribution in [0.1, 0.15) is 55.2 Å². The SMILES string of the molecule is C[C@H](NC(=O)[C@H](Cc1ccccc1)N(C)C(=O)[C@H](CC(=O)O)NC(=O)OCC1c2ccccc2-c2ccccc21)C(=O)N1CCCCC1. The van der Waals surface area contributed by atoms with Gasteiger partial charge in [-0.2, -0.15) is 0 Å². The largest absolute Gasteiger partial charge is 0.481 e. The van der Waals surface area contributed by atoms with Crippen LogP contribution in [0, 0.1) is 0 Å². The number of fused-ring (bicyclic) bond motifs is 3. The summed E-state index contributed by atoms with van der Waals surface area (Å²) in [6.45, 7) is 2.85. The average Bonchev–Trinajstić information content (AvgIpc) is 3.42. The third-order valence-electron chi connectivity index (χ3n) is 9.10. The number of rotatable bonds is 12. The van der Waals surface area contributed by atoms with Gasteiger partial charge in [0.15, 0.2) is 0 Å². The van der Waals surface area contributed by atoms with E-state index in [4.69, 9.17) is 4.74 Å². The molecule has 2 aliphatic rings. The number of benzene rings is 3. The van der Waals surface area contributed by atoms with Gasteiger partial charge < -0.3 is 30.3 Å². The molecule has 1 aliphatic carbocycles. The number of hydrogen-bond donors (Lipinski definition) is 3. The zero-order valence-corrected chi connectivity index (χ0v) is 27.3. The van der Waals surface area contributed by atoms with Gasteiger partial charge in [0.1, 0.15) is 24.7 Å². The van der Waals surface area contributed by atoms with Gasteiger partial charge in [0.2, 0.25) is 17.7 Å². The normalized spacial score (nSPS) is 15.7. The first kappa shape index (κ1) is 34.2. The topological polar surface area (TPSA) is 145 Å². The second-order valence-electron chi connectivity index (χ2n) is 12.4. The first-order valence-corrected chi connectivity index (χ1v) is 16.4. The molecule has 3 N–H and O–H groups in total. The Morgan fingerprint density at radius 2 is 1.44 bits per heavy atom. The van der Waals surface area contributed by atoms with Crippen LogP contribution < -0.4 is 10.6 Å². The molecule has 1 aliphatic heterocycles. The van der Waals surface area contributed by atoms with Gasteiger partial charge in [0.05, 0.1) is 6.42 Å². The number of alkyl carbamates (subject to hydrolysis) is 1. The van der Waals surface area contributed by atoms with Crippen LogP contribution in [-0.2, 0) is 30.3 Å². The molecule has 0 radical (unpaired) electrons. The van der Waals surface area contributed by atoms with Crippen LogP contribution in [0.4, 0.5) is 4.79 Å². The lowest BCUT2D eigenvalue weighted by atomic mass is 9.98. The molecule has 3 atom stereocenters. The zero-order chi connectivity index (χ0) is 34.2. The van der Waals surface area contributed by atoms with Crippen molar-refractivity contribution < 1.29 is 33.8 Å². The number of amides is 4. The summed E-state index contributed by atoms with van der Waals surface area (Å²) in [5, 5.41) is 14.9. The van der Waals surface area contributed by atoms with Crippen molar-refractivity contribution in [1.29, 1.82) is 0 Å². The average molecular weight is 655 g/mol. The summed E-state index contributed by atoms with van der Waals surface area (Å²) in [7, 11) is 1.39. The Hall–Kier alpha value is -5.19. The summed E-state index contributed by atoms with van der Waals surface area (Å²) < 4.78 is 5.59. The smallest absolute Gasteiger partial charge is 0.407 e. The van der Waals surface area contributed by atoms with E-state index in [1.165, 1.54) is 7.05 Å². The van der Waals surface area contributed by atoms with E-state index < -0.39 is 48.4 Å². The molecule has 1 heterocycles. The minimum Gasteiger partial charge on any atom is -0.481 e. The van der Waals surface area contributed by atoms with Crippen LogP contribution in [0.3, 0.4) is 0 Å². The van der Waals surface area contributed by atoms with Gasteiger partial charge in [-0.15, -0.1) is 0 Å². The fourth-order valence-electron chi connectivity index (χ4n) is 6.56. The molecule has 5 rings (SSSR count). The minimum absolute atomic E-state index is 0.0222. The molecule has 48 heavy (non-hydrogen) atoms. The highest BCUT2D eigenvalue weighted by molar-refractivity contribution is 5.95. The van der Waals surface area contributed by atoms with Crippen LogP contribution in [0.15, 0.2) is 78.9 Å². The third-order valence-corrected chi connectivity index (χ3v) is 9.10. The number of aliphatic carboxylic acids is 1. The van der Waals surface area contributed by atoms with E-state index in [-0.39, 0.29) is 24.9 Å². The third kappa shape index (κ3) is 8.02. The van der Waals surface area contributed by atoms with Crippen molar-refractivity contribution >= 4 is 29.8 Å². The van der Waals surface area contributed by atoms with Crippen LogP contribution in [-0.4, -0.2) is 89.6 Å². The fraction of sp³-hybridized carbons (Fsp3) is 0.378. The van der Waals surface area contributed by atoms with Gasteiger partial charge in [-0.3, -0.25) is 19.2 Å². The number of likely N-dealkylation sites (tertiary alicyclic amines) is 1. The summed E-state index contributed by atoms with van der Waals surface area (Å²) in [5.74, 6) is -3.09. The molecule has 1 fully saturated rings. The van der Waals surface area contributed by atoms with Gasteiger partial charge in [-0.05, 0) is 54.0 Å². The highest BCUT2D eigenvalue weighted by Gasteiger charge is 2.36. The molecule has 0 bridgehead atoms. The zero-order valence-electron chi connectivity index (χ0n) is 27.3. The number of carboxylic acid groups (broad SMARTS) is 1. The lowest BCUT2D eigenvalue weighted by Crippen LogP contribution is -2.58. The number of carboxylic acids is 1. The van der Waals surface area contributed by atoms with Crippen molar-refractivity contribution in [2.45, 2.75) is 63.1 Å². The molecular formula is C37H42N4O7. The Bertz CT molecular complexity index is 1590. The van der Waals surface area contributed by atoms with Crippen LogP contribution >= 0.6 is 0 Å². The molecule has 4 amide bonds. The quantitative estimate of drug-likeness (QED) is 0.268. The lowest BCUT2D eigenvalue weighted by molar-refractivity contribution is -0.145. The van der Waals surface area contributed by atoms with Crippen LogP contribution in [0.25, 0.3) is 11.1 Å². The highest BCUT2D eigenvalue weighted by Crippen LogP contribution is 2.44. The maximum Gasteiger partial charge on any atom is 0.407 e. The second-order valence-corrected chi connectivity index (χ2v) is 12.4. The Kier molecular flexibility index (Phi) is 11.1. The first-order chi connectivity index (χ1) is 23.1. The molecule has 0 unspecified atom stereocenters. The number of ether oxygens (including phenoxy) is 1. The van der Waals surface area contributed by atoms with Crippen LogP contribution in [0.2, 0.25) is 0 Å². The molecular weight excluding hydrogens is 612 g/mol. The van der Waals surface area contributed by atoms with E-state index >= 15 is 0 Å². The molecule has 0 spiro atoms. The standard InChI is InChI=1S/C37H42N4O7/c1-24(35(45)41-19-11-4-12-20-41)38-34(44)32(21-25-13-5-3-6-14-25)40(2)36(46)31(22-33(42)43)39-37(47)48-23-30-28-17-9-7-15-26(28)27-16-8-10-18-29(27)30/h3,5-10,13-18,24,30-32H,4,11-12,19-23H2,1-2H3,(H,38,44)(H,39,47)(H,42,43)/t24-,31-,32-/m0/s1. The second kappa shape index (κ2) is 15.6. The number of nitrogens with one attached hydrogen (secondary N) is 2. The molecule has 11 heteroatoms. The monoisotopic (exact) mass is 654 g/mol. The molecule has 3 aromatic carbocycles. The van der Waals surface area contributed by atoms with E-state index in [9.17, 15) is 29.1 Å². The Balaban J connectivity index is 1.28. The predicted octanol–water partition coefficient (Wildman–Crippen LogP) is 3.96. The molecule has 252 valence electrons. The van der Waals surface area contributed by atoms with Crippen molar-refractivity contribution in [2.24, 2.45) is 0 Å². The summed E-state index contributed by atoms with van der Waals surface area (Å²) in [6, 6.07) is 21.3. The number of piperidine rings is 1. The van der Waals surface area contributed by atoms with Crippen molar-refractivity contribution in [3.05, 3.63) is 95.6 Å².